The lowest BCUT2D eigenvalue weighted by Crippen LogP contribution is -2.10. The predicted octanol–water partition coefficient (Wildman–Crippen LogP) is 3.95. The van der Waals surface area contributed by atoms with Crippen molar-refractivity contribution in [3.8, 4) is 11.8 Å². The summed E-state index contributed by atoms with van der Waals surface area (Å²) < 4.78 is 2.32. The Balaban J connectivity index is 1.88. The summed E-state index contributed by atoms with van der Waals surface area (Å²) in [6.07, 6.45) is 5.67. The van der Waals surface area contributed by atoms with Gasteiger partial charge in [0.1, 0.15) is 17.7 Å². The summed E-state index contributed by atoms with van der Waals surface area (Å²) in [5.74, 6) is 6.61. The van der Waals surface area contributed by atoms with Crippen molar-refractivity contribution in [2.45, 2.75) is 26.4 Å². The molecule has 0 aliphatic rings. The summed E-state index contributed by atoms with van der Waals surface area (Å²) >= 11 is 0. The lowest BCUT2D eigenvalue weighted by molar-refractivity contribution is 0.403. The number of hydrogen-bond donors (Lipinski definition) is 1. The monoisotopic (exact) mass is 357 g/mol. The molecule has 1 N–H and O–H groups in total. The van der Waals surface area contributed by atoms with Gasteiger partial charge in [-0.1, -0.05) is 18.1 Å². The molecule has 0 unspecified atom stereocenters. The standard InChI is InChI=1S/C22H23N5/c1-15(2)27-13-17(12-26(3)4)18-7-5-6-16(21(18)27)8-9-20-19-10-11-23-22(19)25-14-24-20/h5-7,10-11,13-15H,12H2,1-4H3,(H,23,24,25). The lowest BCUT2D eigenvalue weighted by Gasteiger charge is -2.10. The number of benzene rings is 1. The van der Waals surface area contributed by atoms with Gasteiger partial charge in [-0.15, -0.1) is 0 Å². The topological polar surface area (TPSA) is 49.7 Å². The third-order valence-corrected chi connectivity index (χ3v) is 4.65. The van der Waals surface area contributed by atoms with Gasteiger partial charge >= 0.3 is 0 Å². The number of rotatable bonds is 3. The fraction of sp³-hybridized carbons (Fsp3) is 0.273. The summed E-state index contributed by atoms with van der Waals surface area (Å²) in [6.45, 7) is 5.32. The number of aromatic nitrogens is 4. The molecule has 0 radical (unpaired) electrons. The molecule has 0 aliphatic heterocycles. The Labute approximate surface area is 159 Å². The Bertz CT molecular complexity index is 1170. The van der Waals surface area contributed by atoms with E-state index in [1.165, 1.54) is 16.5 Å². The van der Waals surface area contributed by atoms with Crippen molar-refractivity contribution < 1.29 is 0 Å². The maximum absolute atomic E-state index is 4.36. The molecule has 1 aromatic carbocycles. The van der Waals surface area contributed by atoms with Crippen LogP contribution in [-0.4, -0.2) is 38.5 Å². The van der Waals surface area contributed by atoms with Crippen molar-refractivity contribution in [3.05, 3.63) is 59.8 Å². The van der Waals surface area contributed by atoms with Crippen LogP contribution < -0.4 is 0 Å². The van der Waals surface area contributed by atoms with Crippen molar-refractivity contribution in [1.29, 1.82) is 0 Å². The summed E-state index contributed by atoms with van der Waals surface area (Å²) in [5.41, 5.74) is 5.09. The smallest absolute Gasteiger partial charge is 0.141 e. The minimum Gasteiger partial charge on any atom is -0.346 e. The highest BCUT2D eigenvalue weighted by atomic mass is 15.1. The zero-order valence-corrected chi connectivity index (χ0v) is 16.1. The highest BCUT2D eigenvalue weighted by Gasteiger charge is 2.14. The number of fused-ring (bicyclic) bond motifs is 2. The third-order valence-electron chi connectivity index (χ3n) is 4.65. The van der Waals surface area contributed by atoms with E-state index in [4.69, 9.17) is 0 Å². The average Bonchev–Trinajstić information content (AvgIpc) is 3.25. The summed E-state index contributed by atoms with van der Waals surface area (Å²) in [4.78, 5) is 13.9. The quantitative estimate of drug-likeness (QED) is 0.565. The van der Waals surface area contributed by atoms with Gasteiger partial charge in [-0.25, -0.2) is 9.97 Å². The molecular formula is C22H23N5. The van der Waals surface area contributed by atoms with Crippen LogP contribution in [0.3, 0.4) is 0 Å². The van der Waals surface area contributed by atoms with Gasteiger partial charge < -0.3 is 14.5 Å². The number of nitrogens with zero attached hydrogens (tertiary/aromatic N) is 4. The Morgan fingerprint density at radius 1 is 1.11 bits per heavy atom. The Kier molecular flexibility index (Phi) is 4.43. The molecule has 0 spiro atoms. The molecule has 0 atom stereocenters. The van der Waals surface area contributed by atoms with Crippen LogP contribution in [0.25, 0.3) is 21.9 Å². The van der Waals surface area contributed by atoms with Gasteiger partial charge in [-0.05, 0) is 51.6 Å². The minimum absolute atomic E-state index is 0.363. The number of H-pyrrole nitrogens is 1. The number of para-hydroxylation sites is 1. The average molecular weight is 357 g/mol. The fourth-order valence-electron chi connectivity index (χ4n) is 3.46. The molecule has 0 saturated carbocycles. The van der Waals surface area contributed by atoms with Crippen molar-refractivity contribution in [3.63, 3.8) is 0 Å². The van der Waals surface area contributed by atoms with Gasteiger partial charge in [-0.2, -0.15) is 0 Å². The van der Waals surface area contributed by atoms with Gasteiger partial charge in [0.25, 0.3) is 0 Å². The van der Waals surface area contributed by atoms with Crippen LogP contribution in [0.2, 0.25) is 0 Å². The van der Waals surface area contributed by atoms with Crippen LogP contribution in [0, 0.1) is 11.8 Å². The van der Waals surface area contributed by atoms with E-state index in [1.807, 2.05) is 12.3 Å². The van der Waals surface area contributed by atoms with E-state index < -0.39 is 0 Å². The SMILES string of the molecule is CC(C)n1cc(CN(C)C)c2cccc(C#Cc3ncnc4[nH]ccc34)c21. The zero-order chi connectivity index (χ0) is 19.0. The largest absolute Gasteiger partial charge is 0.346 e. The van der Waals surface area contributed by atoms with Crippen molar-refractivity contribution >= 4 is 21.9 Å². The molecule has 0 saturated heterocycles. The van der Waals surface area contributed by atoms with Crippen molar-refractivity contribution in [2.75, 3.05) is 14.1 Å². The van der Waals surface area contributed by atoms with Crippen LogP contribution in [0.4, 0.5) is 0 Å². The molecule has 0 amide bonds. The molecule has 0 fully saturated rings. The highest BCUT2D eigenvalue weighted by Crippen LogP contribution is 2.28. The number of nitrogens with one attached hydrogen (secondary N) is 1. The first-order chi connectivity index (χ1) is 13.0. The minimum atomic E-state index is 0.363. The maximum Gasteiger partial charge on any atom is 0.141 e. The zero-order valence-electron chi connectivity index (χ0n) is 16.1. The molecule has 3 heterocycles. The fourth-order valence-corrected chi connectivity index (χ4v) is 3.46. The second-order valence-electron chi connectivity index (χ2n) is 7.31. The van der Waals surface area contributed by atoms with Crippen LogP contribution in [0.1, 0.15) is 36.7 Å². The first-order valence-corrected chi connectivity index (χ1v) is 9.12. The number of hydrogen-bond acceptors (Lipinski definition) is 3. The molecule has 3 aromatic heterocycles. The van der Waals surface area contributed by atoms with E-state index in [2.05, 4.69) is 88.6 Å². The van der Waals surface area contributed by atoms with E-state index in [0.717, 1.165) is 28.8 Å². The summed E-state index contributed by atoms with van der Waals surface area (Å²) in [5, 5.41) is 2.21. The van der Waals surface area contributed by atoms with E-state index in [0.29, 0.717) is 6.04 Å². The molecule has 5 nitrogen and oxygen atoms in total. The Morgan fingerprint density at radius 2 is 1.96 bits per heavy atom. The molecule has 0 aliphatic carbocycles. The van der Waals surface area contributed by atoms with Gasteiger partial charge in [0.2, 0.25) is 0 Å². The summed E-state index contributed by atoms with van der Waals surface area (Å²) in [6, 6.07) is 8.69. The molecule has 27 heavy (non-hydrogen) atoms. The van der Waals surface area contributed by atoms with E-state index in [9.17, 15) is 0 Å². The Hall–Kier alpha value is -3.10. The summed E-state index contributed by atoms with van der Waals surface area (Å²) in [7, 11) is 4.19. The molecule has 136 valence electrons. The van der Waals surface area contributed by atoms with E-state index in [-0.39, 0.29) is 0 Å². The van der Waals surface area contributed by atoms with Gasteiger partial charge in [0, 0.05) is 35.9 Å². The first kappa shape index (κ1) is 17.3. The van der Waals surface area contributed by atoms with Crippen LogP contribution in [0.15, 0.2) is 43.0 Å². The highest BCUT2D eigenvalue weighted by molar-refractivity contribution is 5.89. The van der Waals surface area contributed by atoms with E-state index in [1.54, 1.807) is 6.33 Å². The van der Waals surface area contributed by atoms with Crippen molar-refractivity contribution in [2.24, 2.45) is 0 Å². The first-order valence-electron chi connectivity index (χ1n) is 9.12. The van der Waals surface area contributed by atoms with Crippen molar-refractivity contribution in [1.82, 2.24) is 24.4 Å². The van der Waals surface area contributed by atoms with E-state index >= 15 is 0 Å². The molecule has 4 aromatic rings. The third kappa shape index (κ3) is 3.20. The van der Waals surface area contributed by atoms with Gasteiger partial charge in [-0.3, -0.25) is 0 Å². The van der Waals surface area contributed by atoms with Crippen LogP contribution >= 0.6 is 0 Å². The van der Waals surface area contributed by atoms with Gasteiger partial charge in [0.15, 0.2) is 0 Å². The Morgan fingerprint density at radius 3 is 2.74 bits per heavy atom. The molecule has 4 rings (SSSR count). The number of aromatic amines is 1. The second kappa shape index (κ2) is 6.90. The van der Waals surface area contributed by atoms with Crippen LogP contribution in [0.5, 0.6) is 0 Å². The molecule has 0 bridgehead atoms. The second-order valence-corrected chi connectivity index (χ2v) is 7.31. The lowest BCUT2D eigenvalue weighted by atomic mass is 10.1. The maximum atomic E-state index is 4.36. The molecular weight excluding hydrogens is 334 g/mol. The normalized spacial score (nSPS) is 11.5. The molecule has 5 heteroatoms. The van der Waals surface area contributed by atoms with Gasteiger partial charge in [0.05, 0.1) is 10.9 Å². The predicted molar refractivity (Wildman–Crippen MR) is 110 cm³/mol. The van der Waals surface area contributed by atoms with Crippen LogP contribution in [-0.2, 0) is 6.54 Å².